The third-order valence-corrected chi connectivity index (χ3v) is 6.53. The number of nitrogens with one attached hydrogen (secondary N) is 1. The van der Waals surface area contributed by atoms with Crippen molar-refractivity contribution in [2.45, 2.75) is 57.9 Å². The maximum atomic E-state index is 12.7. The van der Waals surface area contributed by atoms with E-state index in [1.54, 1.807) is 0 Å². The Balaban J connectivity index is 2.02. The third kappa shape index (κ3) is 4.17. The van der Waals surface area contributed by atoms with Crippen LogP contribution in [0.2, 0.25) is 0 Å². The lowest BCUT2D eigenvalue weighted by Crippen LogP contribution is -2.47. The summed E-state index contributed by atoms with van der Waals surface area (Å²) in [4.78, 5) is 0. The topological polar surface area (TPSA) is 49.4 Å². The van der Waals surface area contributed by atoms with Crippen LogP contribution in [0.5, 0.6) is 0 Å². The van der Waals surface area contributed by atoms with E-state index < -0.39 is 10.0 Å². The number of hydrogen-bond donors (Lipinski definition) is 1. The van der Waals surface area contributed by atoms with E-state index in [-0.39, 0.29) is 6.04 Å². The Morgan fingerprint density at radius 3 is 2.32 bits per heavy atom. The molecular weight excluding hydrogens is 260 g/mol. The fourth-order valence-electron chi connectivity index (χ4n) is 3.43. The maximum absolute atomic E-state index is 12.7. The molecule has 19 heavy (non-hydrogen) atoms. The van der Waals surface area contributed by atoms with Crippen LogP contribution in [0, 0.1) is 5.92 Å². The second-order valence-electron chi connectivity index (χ2n) is 6.02. The summed E-state index contributed by atoms with van der Waals surface area (Å²) in [6.45, 7) is 4.66. The molecule has 0 aromatic heterocycles. The van der Waals surface area contributed by atoms with Gasteiger partial charge in [0.25, 0.3) is 0 Å². The molecule has 1 aliphatic carbocycles. The van der Waals surface area contributed by atoms with Crippen molar-refractivity contribution in [3.8, 4) is 0 Å². The van der Waals surface area contributed by atoms with Crippen molar-refractivity contribution in [3.63, 3.8) is 0 Å². The average molecular weight is 288 g/mol. The molecule has 0 unspecified atom stereocenters. The van der Waals surface area contributed by atoms with Crippen molar-refractivity contribution in [3.05, 3.63) is 0 Å². The number of nitrogens with zero attached hydrogens (tertiary/aromatic N) is 1. The largest absolute Gasteiger partial charge is 0.317 e. The highest BCUT2D eigenvalue weighted by Gasteiger charge is 2.32. The SMILES string of the molecule is CCCN(C1CCNCC1)S(=O)(=O)CC1CCCC1. The predicted molar refractivity (Wildman–Crippen MR) is 78.6 cm³/mol. The van der Waals surface area contributed by atoms with Crippen LogP contribution in [-0.4, -0.2) is 44.2 Å². The number of sulfonamides is 1. The molecule has 0 aromatic carbocycles. The van der Waals surface area contributed by atoms with E-state index in [1.165, 1.54) is 12.8 Å². The first kappa shape index (κ1) is 15.3. The summed E-state index contributed by atoms with van der Waals surface area (Å²) in [5, 5.41) is 3.31. The smallest absolute Gasteiger partial charge is 0.214 e. The quantitative estimate of drug-likeness (QED) is 0.813. The standard InChI is InChI=1S/C14H28N2O2S/c1-2-11-16(14-7-9-15-10-8-14)19(17,18)12-13-5-3-4-6-13/h13-15H,2-12H2,1H3. The third-order valence-electron chi connectivity index (χ3n) is 4.44. The summed E-state index contributed by atoms with van der Waals surface area (Å²) >= 11 is 0. The second-order valence-corrected chi connectivity index (χ2v) is 7.99. The van der Waals surface area contributed by atoms with Gasteiger partial charge in [0.2, 0.25) is 10.0 Å². The Labute approximate surface area is 118 Å². The van der Waals surface area contributed by atoms with Crippen LogP contribution >= 0.6 is 0 Å². The van der Waals surface area contributed by atoms with Crippen LogP contribution < -0.4 is 5.32 Å². The Morgan fingerprint density at radius 1 is 1.11 bits per heavy atom. The molecule has 1 saturated carbocycles. The molecule has 0 radical (unpaired) electrons. The van der Waals surface area contributed by atoms with Gasteiger partial charge in [-0.15, -0.1) is 0 Å². The average Bonchev–Trinajstić information content (AvgIpc) is 2.89. The molecule has 2 fully saturated rings. The lowest BCUT2D eigenvalue weighted by Gasteiger charge is -2.34. The van der Waals surface area contributed by atoms with E-state index in [4.69, 9.17) is 0 Å². The highest BCUT2D eigenvalue weighted by Crippen LogP contribution is 2.28. The van der Waals surface area contributed by atoms with Gasteiger partial charge < -0.3 is 5.32 Å². The molecule has 0 bridgehead atoms. The summed E-state index contributed by atoms with van der Waals surface area (Å²) in [5.41, 5.74) is 0. The molecule has 0 amide bonds. The van der Waals surface area contributed by atoms with Crippen molar-refractivity contribution >= 4 is 10.0 Å². The molecule has 0 aromatic rings. The van der Waals surface area contributed by atoms with Gasteiger partial charge in [-0.3, -0.25) is 0 Å². The molecule has 2 rings (SSSR count). The van der Waals surface area contributed by atoms with Crippen LogP contribution in [-0.2, 0) is 10.0 Å². The first-order valence-electron chi connectivity index (χ1n) is 7.83. The molecule has 4 nitrogen and oxygen atoms in total. The highest BCUT2D eigenvalue weighted by atomic mass is 32.2. The van der Waals surface area contributed by atoms with Crippen LogP contribution in [0.15, 0.2) is 0 Å². The predicted octanol–water partition coefficient (Wildman–Crippen LogP) is 1.97. The minimum absolute atomic E-state index is 0.229. The molecule has 1 aliphatic heterocycles. The van der Waals surface area contributed by atoms with Gasteiger partial charge in [-0.05, 0) is 51.1 Å². The fourth-order valence-corrected chi connectivity index (χ4v) is 5.68. The Kier molecular flexibility index (Phi) is 5.66. The minimum atomic E-state index is -3.06. The zero-order valence-corrected chi connectivity index (χ0v) is 12.9. The van der Waals surface area contributed by atoms with E-state index >= 15 is 0 Å². The van der Waals surface area contributed by atoms with E-state index in [9.17, 15) is 8.42 Å². The zero-order chi connectivity index (χ0) is 13.7. The van der Waals surface area contributed by atoms with Crippen LogP contribution in [0.3, 0.4) is 0 Å². The van der Waals surface area contributed by atoms with E-state index in [0.29, 0.717) is 18.2 Å². The van der Waals surface area contributed by atoms with Crippen molar-refractivity contribution in [2.75, 3.05) is 25.4 Å². The van der Waals surface area contributed by atoms with Gasteiger partial charge in [-0.25, -0.2) is 8.42 Å². The van der Waals surface area contributed by atoms with Gasteiger partial charge >= 0.3 is 0 Å². The van der Waals surface area contributed by atoms with Crippen molar-refractivity contribution < 1.29 is 8.42 Å². The number of hydrogen-bond acceptors (Lipinski definition) is 3. The summed E-state index contributed by atoms with van der Waals surface area (Å²) in [7, 11) is -3.06. The molecule has 1 heterocycles. The second kappa shape index (κ2) is 7.04. The molecule has 5 heteroatoms. The zero-order valence-electron chi connectivity index (χ0n) is 12.1. The van der Waals surface area contributed by atoms with Crippen LogP contribution in [0.4, 0.5) is 0 Å². The van der Waals surface area contributed by atoms with Crippen molar-refractivity contribution in [1.82, 2.24) is 9.62 Å². The van der Waals surface area contributed by atoms with Gasteiger partial charge in [-0.2, -0.15) is 4.31 Å². The monoisotopic (exact) mass is 288 g/mol. The van der Waals surface area contributed by atoms with Gasteiger partial charge in [0.1, 0.15) is 0 Å². The van der Waals surface area contributed by atoms with E-state index in [1.807, 2.05) is 4.31 Å². The summed E-state index contributed by atoms with van der Waals surface area (Å²) in [6, 6.07) is 0.229. The van der Waals surface area contributed by atoms with E-state index in [2.05, 4.69) is 12.2 Å². The Bertz CT molecular complexity index is 358. The fraction of sp³-hybridized carbons (Fsp3) is 1.00. The molecule has 2 aliphatic rings. The van der Waals surface area contributed by atoms with Crippen LogP contribution in [0.1, 0.15) is 51.9 Å². The number of rotatable bonds is 6. The van der Waals surface area contributed by atoms with Gasteiger partial charge in [-0.1, -0.05) is 19.8 Å². The van der Waals surface area contributed by atoms with Gasteiger partial charge in [0.15, 0.2) is 0 Å². The van der Waals surface area contributed by atoms with Gasteiger partial charge in [0, 0.05) is 12.6 Å². The molecule has 1 N–H and O–H groups in total. The highest BCUT2D eigenvalue weighted by molar-refractivity contribution is 7.89. The minimum Gasteiger partial charge on any atom is -0.317 e. The van der Waals surface area contributed by atoms with Crippen LogP contribution in [0.25, 0.3) is 0 Å². The molecule has 0 spiro atoms. The molecule has 1 saturated heterocycles. The number of piperidine rings is 1. The Morgan fingerprint density at radius 2 is 1.74 bits per heavy atom. The lowest BCUT2D eigenvalue weighted by atomic mass is 10.1. The normalized spacial score (nSPS) is 23.3. The molecule has 0 atom stereocenters. The summed E-state index contributed by atoms with van der Waals surface area (Å²) < 4.78 is 27.2. The summed E-state index contributed by atoms with van der Waals surface area (Å²) in [6.07, 6.45) is 7.46. The Hall–Kier alpha value is -0.130. The first-order chi connectivity index (χ1) is 9.13. The van der Waals surface area contributed by atoms with Gasteiger partial charge in [0.05, 0.1) is 5.75 Å². The summed E-state index contributed by atoms with van der Waals surface area (Å²) in [5.74, 6) is 0.794. The van der Waals surface area contributed by atoms with Crippen molar-refractivity contribution in [2.24, 2.45) is 5.92 Å². The van der Waals surface area contributed by atoms with E-state index in [0.717, 1.165) is 45.2 Å². The maximum Gasteiger partial charge on any atom is 0.214 e. The lowest BCUT2D eigenvalue weighted by molar-refractivity contribution is 0.261. The molecule has 112 valence electrons. The molecular formula is C14H28N2O2S. The van der Waals surface area contributed by atoms with Crippen molar-refractivity contribution in [1.29, 1.82) is 0 Å². The first-order valence-corrected chi connectivity index (χ1v) is 9.44.